The molecular weight excluding hydrogens is 228 g/mol. The molecule has 1 amide bonds. The monoisotopic (exact) mass is 248 g/mol. The van der Waals surface area contributed by atoms with Gasteiger partial charge in [0, 0.05) is 25.7 Å². The van der Waals surface area contributed by atoms with Gasteiger partial charge in [-0.3, -0.25) is 4.79 Å². The summed E-state index contributed by atoms with van der Waals surface area (Å²) < 4.78 is 5.40. The largest absolute Gasteiger partial charge is 0.371 e. The zero-order chi connectivity index (χ0) is 10.7. The molecule has 0 radical (unpaired) electrons. The summed E-state index contributed by atoms with van der Waals surface area (Å²) in [4.78, 5) is 13.6. The highest BCUT2D eigenvalue weighted by Crippen LogP contribution is 2.28. The second-order valence-corrected chi connectivity index (χ2v) is 4.65. The Morgan fingerprint density at radius 1 is 1.50 bits per heavy atom. The van der Waals surface area contributed by atoms with Crippen molar-refractivity contribution in [3.63, 3.8) is 0 Å². The molecule has 1 aliphatic carbocycles. The standard InChI is InChI=1S/C11H20N2O2.ClH/c1-9-6-13(5-4-12-9)11(14)8-15-7-10-2-3-10;/h9-10,12H,2-8H2,1H3;1H. The van der Waals surface area contributed by atoms with Crippen LogP contribution in [0.3, 0.4) is 0 Å². The minimum Gasteiger partial charge on any atom is -0.371 e. The van der Waals surface area contributed by atoms with Crippen LogP contribution in [0.1, 0.15) is 19.8 Å². The zero-order valence-corrected chi connectivity index (χ0v) is 10.6. The third-order valence-electron chi connectivity index (χ3n) is 3.00. The van der Waals surface area contributed by atoms with Gasteiger partial charge in [0.25, 0.3) is 0 Å². The predicted octanol–water partition coefficient (Wildman–Crippen LogP) is 0.655. The number of ether oxygens (including phenoxy) is 1. The van der Waals surface area contributed by atoms with Crippen LogP contribution in [0.15, 0.2) is 0 Å². The maximum absolute atomic E-state index is 11.7. The van der Waals surface area contributed by atoms with Crippen molar-refractivity contribution in [2.24, 2.45) is 5.92 Å². The van der Waals surface area contributed by atoms with Crippen molar-refractivity contribution in [3.8, 4) is 0 Å². The lowest BCUT2D eigenvalue weighted by atomic mass is 10.2. The van der Waals surface area contributed by atoms with E-state index in [4.69, 9.17) is 4.74 Å². The molecule has 2 rings (SSSR count). The lowest BCUT2D eigenvalue weighted by Crippen LogP contribution is -2.52. The Morgan fingerprint density at radius 2 is 2.25 bits per heavy atom. The third-order valence-corrected chi connectivity index (χ3v) is 3.00. The molecule has 0 aromatic rings. The number of carbonyl (C=O) groups excluding carboxylic acids is 1. The number of rotatable bonds is 4. The number of amides is 1. The van der Waals surface area contributed by atoms with Gasteiger partial charge in [0.1, 0.15) is 6.61 Å². The van der Waals surface area contributed by atoms with Crippen molar-refractivity contribution in [1.29, 1.82) is 0 Å². The molecule has 1 unspecified atom stereocenters. The fourth-order valence-electron chi connectivity index (χ4n) is 1.85. The van der Waals surface area contributed by atoms with Crippen LogP contribution in [0.5, 0.6) is 0 Å². The zero-order valence-electron chi connectivity index (χ0n) is 9.78. The van der Waals surface area contributed by atoms with Gasteiger partial charge in [-0.1, -0.05) is 0 Å². The van der Waals surface area contributed by atoms with Crippen LogP contribution in [0.4, 0.5) is 0 Å². The summed E-state index contributed by atoms with van der Waals surface area (Å²) in [7, 11) is 0. The van der Waals surface area contributed by atoms with Crippen LogP contribution in [0, 0.1) is 5.92 Å². The summed E-state index contributed by atoms with van der Waals surface area (Å²) in [5.41, 5.74) is 0. The van der Waals surface area contributed by atoms with E-state index >= 15 is 0 Å². The molecule has 0 aromatic carbocycles. The lowest BCUT2D eigenvalue weighted by molar-refractivity contribution is -0.137. The summed E-state index contributed by atoms with van der Waals surface area (Å²) in [6.45, 7) is 5.66. The minimum atomic E-state index is 0. The Kier molecular flexibility index (Phi) is 5.52. The fourth-order valence-corrected chi connectivity index (χ4v) is 1.85. The summed E-state index contributed by atoms with van der Waals surface area (Å²) in [6.07, 6.45) is 2.55. The Morgan fingerprint density at radius 3 is 2.88 bits per heavy atom. The smallest absolute Gasteiger partial charge is 0.248 e. The number of carbonyl (C=O) groups is 1. The van der Waals surface area contributed by atoms with Gasteiger partial charge < -0.3 is 15.0 Å². The van der Waals surface area contributed by atoms with E-state index < -0.39 is 0 Å². The molecule has 4 nitrogen and oxygen atoms in total. The van der Waals surface area contributed by atoms with Gasteiger partial charge in [0.15, 0.2) is 0 Å². The Hall–Kier alpha value is -0.320. The molecule has 94 valence electrons. The van der Waals surface area contributed by atoms with Gasteiger partial charge in [0.05, 0.1) is 6.61 Å². The summed E-state index contributed by atoms with van der Waals surface area (Å²) in [6, 6.07) is 0.408. The maximum atomic E-state index is 11.7. The second kappa shape index (κ2) is 6.42. The van der Waals surface area contributed by atoms with E-state index in [0.717, 1.165) is 32.2 Å². The maximum Gasteiger partial charge on any atom is 0.248 e. The van der Waals surface area contributed by atoms with Gasteiger partial charge in [0.2, 0.25) is 5.91 Å². The highest BCUT2D eigenvalue weighted by Gasteiger charge is 2.23. The number of piperazine rings is 1. The second-order valence-electron chi connectivity index (χ2n) is 4.65. The first-order chi connectivity index (χ1) is 7.25. The molecule has 2 fully saturated rings. The van der Waals surface area contributed by atoms with E-state index in [0.29, 0.717) is 6.04 Å². The van der Waals surface area contributed by atoms with Crippen molar-refractivity contribution in [3.05, 3.63) is 0 Å². The third kappa shape index (κ3) is 4.28. The first kappa shape index (κ1) is 13.7. The van der Waals surface area contributed by atoms with Crippen molar-refractivity contribution in [2.45, 2.75) is 25.8 Å². The molecule has 16 heavy (non-hydrogen) atoms. The number of hydrogen-bond acceptors (Lipinski definition) is 3. The Labute approximate surface area is 103 Å². The summed E-state index contributed by atoms with van der Waals surface area (Å²) in [5.74, 6) is 0.878. The van der Waals surface area contributed by atoms with E-state index in [1.165, 1.54) is 12.8 Å². The van der Waals surface area contributed by atoms with Gasteiger partial charge in [-0.15, -0.1) is 12.4 Å². The molecule has 5 heteroatoms. The molecule has 1 N–H and O–H groups in total. The SMILES string of the molecule is CC1CN(C(=O)COCC2CC2)CCN1.Cl. The first-order valence-electron chi connectivity index (χ1n) is 5.84. The molecule has 0 bridgehead atoms. The molecule has 0 spiro atoms. The Balaban J connectivity index is 0.00000128. The van der Waals surface area contributed by atoms with E-state index in [1.807, 2.05) is 4.90 Å². The van der Waals surface area contributed by atoms with Crippen LogP contribution in [0.25, 0.3) is 0 Å². The van der Waals surface area contributed by atoms with Crippen molar-refractivity contribution >= 4 is 18.3 Å². The van der Waals surface area contributed by atoms with E-state index in [1.54, 1.807) is 0 Å². The normalized spacial score (nSPS) is 25.1. The van der Waals surface area contributed by atoms with Crippen LogP contribution in [0.2, 0.25) is 0 Å². The topological polar surface area (TPSA) is 41.6 Å². The van der Waals surface area contributed by atoms with Gasteiger partial charge in [-0.05, 0) is 25.7 Å². The molecule has 1 atom stereocenters. The summed E-state index contributed by atoms with van der Waals surface area (Å²) in [5, 5.41) is 3.32. The molecular formula is C11H21ClN2O2. The van der Waals surface area contributed by atoms with Crippen LogP contribution in [-0.2, 0) is 9.53 Å². The van der Waals surface area contributed by atoms with E-state index in [2.05, 4.69) is 12.2 Å². The van der Waals surface area contributed by atoms with E-state index in [9.17, 15) is 4.79 Å². The predicted molar refractivity (Wildman–Crippen MR) is 64.8 cm³/mol. The highest BCUT2D eigenvalue weighted by atomic mass is 35.5. The Bertz CT molecular complexity index is 234. The van der Waals surface area contributed by atoms with Crippen molar-refractivity contribution in [1.82, 2.24) is 10.2 Å². The van der Waals surface area contributed by atoms with Gasteiger partial charge in [-0.25, -0.2) is 0 Å². The summed E-state index contributed by atoms with van der Waals surface area (Å²) >= 11 is 0. The van der Waals surface area contributed by atoms with Gasteiger partial charge >= 0.3 is 0 Å². The molecule has 2 aliphatic rings. The van der Waals surface area contributed by atoms with E-state index in [-0.39, 0.29) is 24.9 Å². The van der Waals surface area contributed by atoms with Crippen molar-refractivity contribution in [2.75, 3.05) is 32.8 Å². The average molecular weight is 249 g/mol. The molecule has 1 saturated carbocycles. The molecule has 1 aliphatic heterocycles. The number of nitrogens with zero attached hydrogens (tertiary/aromatic N) is 1. The molecule has 1 saturated heterocycles. The van der Waals surface area contributed by atoms with Crippen LogP contribution < -0.4 is 5.32 Å². The fraction of sp³-hybridized carbons (Fsp3) is 0.909. The minimum absolute atomic E-state index is 0. The quantitative estimate of drug-likeness (QED) is 0.795. The first-order valence-corrected chi connectivity index (χ1v) is 5.84. The van der Waals surface area contributed by atoms with Crippen LogP contribution >= 0.6 is 12.4 Å². The van der Waals surface area contributed by atoms with Crippen LogP contribution in [-0.4, -0.2) is 49.7 Å². The lowest BCUT2D eigenvalue weighted by Gasteiger charge is -2.31. The average Bonchev–Trinajstić information content (AvgIpc) is 3.01. The highest BCUT2D eigenvalue weighted by molar-refractivity contribution is 5.85. The molecule has 1 heterocycles. The molecule has 0 aromatic heterocycles. The number of nitrogens with one attached hydrogen (secondary N) is 1. The van der Waals surface area contributed by atoms with Crippen molar-refractivity contribution < 1.29 is 9.53 Å². The van der Waals surface area contributed by atoms with Gasteiger partial charge in [-0.2, -0.15) is 0 Å². The number of halogens is 1. The number of hydrogen-bond donors (Lipinski definition) is 1.